The number of esters is 1. The molecule has 0 aromatic heterocycles. The second-order valence-corrected chi connectivity index (χ2v) is 14.4. The van der Waals surface area contributed by atoms with Crippen molar-refractivity contribution < 1.29 is 29.3 Å². The number of benzene rings is 1. The Bertz CT molecular complexity index is 742. The van der Waals surface area contributed by atoms with Crippen molar-refractivity contribution in [2.24, 2.45) is 0 Å². The van der Waals surface area contributed by atoms with Crippen molar-refractivity contribution in [1.82, 2.24) is 0 Å². The number of carboxylic acid groups (broad SMARTS) is 1. The Labute approximate surface area is 174 Å². The lowest BCUT2D eigenvalue weighted by molar-refractivity contribution is -0.170. The van der Waals surface area contributed by atoms with Crippen LogP contribution in [0.15, 0.2) is 30.3 Å². The van der Waals surface area contributed by atoms with E-state index in [-0.39, 0.29) is 13.0 Å². The maximum atomic E-state index is 12.3. The molecule has 0 heterocycles. The second-order valence-electron chi connectivity index (χ2n) is 8.81. The lowest BCUT2D eigenvalue weighted by Crippen LogP contribution is -2.42. The maximum absolute atomic E-state index is 12.3. The van der Waals surface area contributed by atoms with Crippen molar-refractivity contribution in [1.29, 1.82) is 0 Å². The third kappa shape index (κ3) is 10.3. The minimum Gasteiger partial charge on any atom is -0.481 e. The Morgan fingerprint density at radius 3 is 2.31 bits per heavy atom. The highest BCUT2D eigenvalue weighted by Gasteiger charge is 2.40. The van der Waals surface area contributed by atoms with Gasteiger partial charge in [-0.25, -0.2) is 4.79 Å². The molecule has 29 heavy (non-hydrogen) atoms. The number of aliphatic carboxylic acids is 1. The molecular weight excluding hydrogens is 388 g/mol. The molecule has 160 valence electrons. The SMILES string of the molecule is CC(C)(C#CCC(O)(CC(=O)O)C(=O)OCC[Si](C)(C)C)OCc1ccccc1. The van der Waals surface area contributed by atoms with Gasteiger partial charge in [0, 0.05) is 14.5 Å². The molecular formula is C22H32O6Si. The van der Waals surface area contributed by atoms with Crippen LogP contribution >= 0.6 is 0 Å². The zero-order valence-electron chi connectivity index (χ0n) is 17.9. The first-order valence-corrected chi connectivity index (χ1v) is 13.3. The lowest BCUT2D eigenvalue weighted by atomic mass is 9.95. The number of carbonyl (C=O) groups is 2. The second kappa shape index (κ2) is 10.6. The predicted molar refractivity (Wildman–Crippen MR) is 114 cm³/mol. The summed E-state index contributed by atoms with van der Waals surface area (Å²) in [7, 11) is -1.42. The minimum atomic E-state index is -2.19. The van der Waals surface area contributed by atoms with E-state index in [4.69, 9.17) is 14.6 Å². The zero-order valence-corrected chi connectivity index (χ0v) is 18.9. The largest absolute Gasteiger partial charge is 0.481 e. The van der Waals surface area contributed by atoms with Gasteiger partial charge in [-0.05, 0) is 25.5 Å². The summed E-state index contributed by atoms with van der Waals surface area (Å²) in [5.41, 5.74) is -2.02. The molecule has 1 aromatic carbocycles. The quantitative estimate of drug-likeness (QED) is 0.342. The first-order valence-electron chi connectivity index (χ1n) is 9.62. The van der Waals surface area contributed by atoms with E-state index in [0.717, 1.165) is 11.6 Å². The van der Waals surface area contributed by atoms with Gasteiger partial charge in [-0.2, -0.15) is 0 Å². The van der Waals surface area contributed by atoms with E-state index in [1.807, 2.05) is 30.3 Å². The van der Waals surface area contributed by atoms with Crippen molar-refractivity contribution in [3.63, 3.8) is 0 Å². The van der Waals surface area contributed by atoms with Crippen LogP contribution in [0.1, 0.15) is 32.3 Å². The van der Waals surface area contributed by atoms with Gasteiger partial charge in [0.1, 0.15) is 5.60 Å². The fourth-order valence-electron chi connectivity index (χ4n) is 2.32. The van der Waals surface area contributed by atoms with Crippen molar-refractivity contribution in [3.05, 3.63) is 35.9 Å². The molecule has 2 N–H and O–H groups in total. The molecule has 0 saturated heterocycles. The van der Waals surface area contributed by atoms with Gasteiger partial charge in [0.05, 0.1) is 19.6 Å². The van der Waals surface area contributed by atoms with Crippen molar-refractivity contribution >= 4 is 20.0 Å². The van der Waals surface area contributed by atoms with Gasteiger partial charge < -0.3 is 19.7 Å². The summed E-state index contributed by atoms with van der Waals surface area (Å²) in [4.78, 5) is 23.5. The fraction of sp³-hybridized carbons (Fsp3) is 0.545. The highest BCUT2D eigenvalue weighted by molar-refractivity contribution is 6.76. The molecule has 1 aromatic rings. The Balaban J connectivity index is 2.74. The van der Waals surface area contributed by atoms with E-state index < -0.39 is 37.6 Å². The topological polar surface area (TPSA) is 93.1 Å². The van der Waals surface area contributed by atoms with Crippen LogP contribution in [0.5, 0.6) is 0 Å². The summed E-state index contributed by atoms with van der Waals surface area (Å²) in [6, 6.07) is 10.3. The molecule has 0 saturated carbocycles. The van der Waals surface area contributed by atoms with E-state index in [2.05, 4.69) is 31.5 Å². The van der Waals surface area contributed by atoms with Gasteiger partial charge in [-0.1, -0.05) is 61.8 Å². The molecule has 0 radical (unpaired) electrons. The molecule has 0 spiro atoms. The molecule has 0 amide bonds. The number of aliphatic hydroxyl groups is 1. The minimum absolute atomic E-state index is 0.162. The van der Waals surface area contributed by atoms with Crippen LogP contribution in [-0.2, 0) is 25.7 Å². The predicted octanol–water partition coefficient (Wildman–Crippen LogP) is 3.46. The fourth-order valence-corrected chi connectivity index (χ4v) is 3.03. The first-order chi connectivity index (χ1) is 13.3. The van der Waals surface area contributed by atoms with Gasteiger partial charge in [-0.3, -0.25) is 4.79 Å². The summed E-state index contributed by atoms with van der Waals surface area (Å²) in [6.07, 6.45) is -1.11. The third-order valence-corrected chi connectivity index (χ3v) is 5.83. The third-order valence-electron chi connectivity index (χ3n) is 4.12. The number of hydrogen-bond acceptors (Lipinski definition) is 5. The summed E-state index contributed by atoms with van der Waals surface area (Å²) >= 11 is 0. The monoisotopic (exact) mass is 420 g/mol. The zero-order chi connectivity index (χ0) is 22.1. The molecule has 7 heteroatoms. The average molecular weight is 421 g/mol. The number of hydrogen-bond donors (Lipinski definition) is 2. The van der Waals surface area contributed by atoms with Gasteiger partial charge in [-0.15, -0.1) is 0 Å². The molecule has 0 bridgehead atoms. The number of rotatable bonds is 10. The van der Waals surface area contributed by atoms with E-state index >= 15 is 0 Å². The van der Waals surface area contributed by atoms with E-state index in [1.54, 1.807) is 13.8 Å². The molecule has 0 aliphatic rings. The molecule has 0 fully saturated rings. The molecule has 1 atom stereocenters. The summed E-state index contributed by atoms with van der Waals surface area (Å²) in [5, 5.41) is 19.7. The highest BCUT2D eigenvalue weighted by atomic mass is 28.3. The van der Waals surface area contributed by atoms with E-state index in [0.29, 0.717) is 6.61 Å². The van der Waals surface area contributed by atoms with Crippen molar-refractivity contribution in [2.45, 2.75) is 70.2 Å². The number of carbonyl (C=O) groups excluding carboxylic acids is 1. The Hall–Kier alpha value is -2.14. The average Bonchev–Trinajstić information content (AvgIpc) is 2.59. The number of carboxylic acids is 1. The van der Waals surface area contributed by atoms with Gasteiger partial charge in [0.25, 0.3) is 0 Å². The Kier molecular flexibility index (Phi) is 9.08. The molecule has 1 rings (SSSR count). The summed E-state index contributed by atoms with van der Waals surface area (Å²) < 4.78 is 10.9. The standard InChI is InChI=1S/C22H32O6Si/c1-21(2,28-17-18-10-7-6-8-11-18)12-9-13-22(26,16-19(23)24)20(25)27-14-15-29(3,4)5/h6-8,10-11,26H,13-17H2,1-5H3,(H,23,24). The van der Waals surface area contributed by atoms with Crippen LogP contribution in [0.25, 0.3) is 0 Å². The van der Waals surface area contributed by atoms with Gasteiger partial charge in [0.15, 0.2) is 5.60 Å². The number of ether oxygens (including phenoxy) is 2. The lowest BCUT2D eigenvalue weighted by Gasteiger charge is -2.24. The van der Waals surface area contributed by atoms with E-state index in [1.165, 1.54) is 0 Å². The maximum Gasteiger partial charge on any atom is 0.339 e. The van der Waals surface area contributed by atoms with E-state index in [9.17, 15) is 14.7 Å². The smallest absolute Gasteiger partial charge is 0.339 e. The van der Waals surface area contributed by atoms with Crippen LogP contribution < -0.4 is 0 Å². The molecule has 6 nitrogen and oxygen atoms in total. The van der Waals surface area contributed by atoms with Crippen LogP contribution in [0.3, 0.4) is 0 Å². The first kappa shape index (κ1) is 24.9. The van der Waals surface area contributed by atoms with Crippen LogP contribution in [0.4, 0.5) is 0 Å². The van der Waals surface area contributed by atoms with Crippen molar-refractivity contribution in [2.75, 3.05) is 6.61 Å². The normalized spacial score (nSPS) is 13.7. The van der Waals surface area contributed by atoms with Crippen LogP contribution in [-0.4, -0.2) is 48.0 Å². The molecule has 0 aliphatic carbocycles. The van der Waals surface area contributed by atoms with Crippen molar-refractivity contribution in [3.8, 4) is 11.8 Å². The van der Waals surface area contributed by atoms with Crippen LogP contribution in [0, 0.1) is 11.8 Å². The summed E-state index contributed by atoms with van der Waals surface area (Å²) in [6.45, 7) is 10.5. The highest BCUT2D eigenvalue weighted by Crippen LogP contribution is 2.19. The van der Waals surface area contributed by atoms with Gasteiger partial charge in [0.2, 0.25) is 0 Å². The van der Waals surface area contributed by atoms with Gasteiger partial charge >= 0.3 is 11.9 Å². The van der Waals surface area contributed by atoms with Crippen LogP contribution in [0.2, 0.25) is 25.7 Å². The molecule has 1 unspecified atom stereocenters. The summed E-state index contributed by atoms with van der Waals surface area (Å²) in [5.74, 6) is 3.34. The Morgan fingerprint density at radius 2 is 1.76 bits per heavy atom. The Morgan fingerprint density at radius 1 is 1.14 bits per heavy atom. The molecule has 0 aliphatic heterocycles.